The van der Waals surface area contributed by atoms with Crippen LogP contribution in [0.1, 0.15) is 72.3 Å². The highest BCUT2D eigenvalue weighted by molar-refractivity contribution is 5.97. The summed E-state index contributed by atoms with van der Waals surface area (Å²) in [6.45, 7) is 2.16. The first-order valence-corrected chi connectivity index (χ1v) is 12.8. The Labute approximate surface area is 209 Å². The summed E-state index contributed by atoms with van der Waals surface area (Å²) in [6, 6.07) is 6.59. The summed E-state index contributed by atoms with van der Waals surface area (Å²) in [5.74, 6) is 0.859. The summed E-state index contributed by atoms with van der Waals surface area (Å²) in [5.41, 5.74) is 1.72. The third kappa shape index (κ3) is 7.24. The number of ether oxygens (including phenoxy) is 1. The van der Waals surface area contributed by atoms with Gasteiger partial charge in [-0.3, -0.25) is 9.78 Å². The lowest BCUT2D eigenvalue weighted by Gasteiger charge is -2.30. The molecule has 1 saturated carbocycles. The third-order valence-electron chi connectivity index (χ3n) is 7.40. The second kappa shape index (κ2) is 12.6. The van der Waals surface area contributed by atoms with Crippen LogP contribution in [0.2, 0.25) is 0 Å². The Kier molecular flexibility index (Phi) is 9.29. The topological polar surface area (TPSA) is 55.3 Å². The van der Waals surface area contributed by atoms with Gasteiger partial charge in [0, 0.05) is 49.5 Å². The van der Waals surface area contributed by atoms with Crippen LogP contribution >= 0.6 is 0 Å². The lowest BCUT2D eigenvalue weighted by Crippen LogP contribution is -2.29. The fraction of sp³-hybridized carbons (Fsp3) is 0.593. The molecule has 2 aliphatic rings. The van der Waals surface area contributed by atoms with E-state index < -0.39 is 25.2 Å². The maximum atomic E-state index is 13.2. The number of ketones is 1. The van der Waals surface area contributed by atoms with Gasteiger partial charge in [-0.05, 0) is 61.8 Å². The zero-order valence-corrected chi connectivity index (χ0v) is 20.4. The Morgan fingerprint density at radius 1 is 1.03 bits per heavy atom. The minimum Gasteiger partial charge on any atom is -0.472 e. The summed E-state index contributed by atoms with van der Waals surface area (Å²) in [6.07, 6.45) is 3.05. The van der Waals surface area contributed by atoms with Crippen molar-refractivity contribution in [1.82, 2.24) is 14.9 Å². The molecule has 0 bridgehead atoms. The largest absolute Gasteiger partial charge is 0.472 e. The summed E-state index contributed by atoms with van der Waals surface area (Å²) in [7, 11) is 0. The molecule has 3 heterocycles. The molecule has 0 spiro atoms. The number of rotatable bonds is 10. The zero-order valence-electron chi connectivity index (χ0n) is 20.4. The van der Waals surface area contributed by atoms with Crippen LogP contribution in [0.3, 0.4) is 0 Å². The molecule has 0 saturated heterocycles. The van der Waals surface area contributed by atoms with E-state index >= 15 is 0 Å². The van der Waals surface area contributed by atoms with Gasteiger partial charge in [0.05, 0.1) is 0 Å². The predicted octanol–water partition coefficient (Wildman–Crippen LogP) is 5.93. The average Bonchev–Trinajstić information content (AvgIpc) is 3.09. The molecule has 0 amide bonds. The van der Waals surface area contributed by atoms with Crippen molar-refractivity contribution < 1.29 is 27.1 Å². The van der Waals surface area contributed by atoms with Gasteiger partial charge in [0.2, 0.25) is 5.88 Å². The number of hydrogen-bond donors (Lipinski definition) is 0. The Hall–Kier alpha value is -2.55. The molecule has 36 heavy (non-hydrogen) atoms. The maximum absolute atomic E-state index is 13.2. The smallest absolute Gasteiger partial charge is 0.281 e. The number of fused-ring (bicyclic) bond motifs is 1. The van der Waals surface area contributed by atoms with Crippen LogP contribution in [0.5, 0.6) is 5.88 Å². The van der Waals surface area contributed by atoms with Gasteiger partial charge < -0.3 is 9.64 Å². The van der Waals surface area contributed by atoms with Gasteiger partial charge in [-0.15, -0.1) is 0 Å². The molecule has 5 nitrogen and oxygen atoms in total. The van der Waals surface area contributed by atoms with Crippen molar-refractivity contribution in [3.05, 3.63) is 53.0 Å². The van der Waals surface area contributed by atoms with E-state index in [4.69, 9.17) is 4.74 Å². The van der Waals surface area contributed by atoms with E-state index in [9.17, 15) is 22.4 Å². The molecular weight excluding hydrogens is 474 g/mol. The van der Waals surface area contributed by atoms with Gasteiger partial charge in [0.1, 0.15) is 5.69 Å². The lowest BCUT2D eigenvalue weighted by atomic mass is 9.78. The van der Waals surface area contributed by atoms with Crippen molar-refractivity contribution in [2.45, 2.75) is 64.2 Å². The van der Waals surface area contributed by atoms with Crippen molar-refractivity contribution >= 4 is 5.78 Å². The molecular formula is C27H33F4N3O2. The maximum Gasteiger partial charge on any atom is 0.281 e. The number of carbonyl (C=O) groups is 1. The number of nitrogens with zero attached hydrogens (tertiary/aromatic N) is 3. The second-order valence-corrected chi connectivity index (χ2v) is 9.84. The number of Topliss-reactive ketones (excluding diaryl/α,β-unsaturated/α-hetero) is 1. The number of carbonyl (C=O) groups excluding carboxylic acids is 1. The summed E-state index contributed by atoms with van der Waals surface area (Å²) < 4.78 is 56.2. The van der Waals surface area contributed by atoms with Crippen molar-refractivity contribution in [3.63, 3.8) is 0 Å². The number of hydrogen-bond acceptors (Lipinski definition) is 5. The first-order chi connectivity index (χ1) is 17.4. The zero-order chi connectivity index (χ0) is 25.5. The summed E-state index contributed by atoms with van der Waals surface area (Å²) in [5, 5.41) is 0. The molecule has 1 aliphatic carbocycles. The van der Waals surface area contributed by atoms with Crippen LogP contribution in [0.25, 0.3) is 0 Å². The molecule has 0 radical (unpaired) electrons. The van der Waals surface area contributed by atoms with Gasteiger partial charge >= 0.3 is 0 Å². The molecule has 196 valence electrons. The van der Waals surface area contributed by atoms with Crippen LogP contribution < -0.4 is 4.74 Å². The van der Waals surface area contributed by atoms with Crippen LogP contribution in [0, 0.1) is 11.8 Å². The van der Waals surface area contributed by atoms with Crippen LogP contribution in [0.4, 0.5) is 17.6 Å². The quantitative estimate of drug-likeness (QED) is 0.295. The molecule has 0 aromatic carbocycles. The molecule has 0 unspecified atom stereocenters. The van der Waals surface area contributed by atoms with E-state index in [1.807, 2.05) is 6.07 Å². The summed E-state index contributed by atoms with van der Waals surface area (Å²) >= 11 is 0. The van der Waals surface area contributed by atoms with E-state index in [2.05, 4.69) is 14.9 Å². The van der Waals surface area contributed by atoms with Gasteiger partial charge in [0.15, 0.2) is 12.4 Å². The van der Waals surface area contributed by atoms with Crippen molar-refractivity contribution in [1.29, 1.82) is 0 Å². The minimum atomic E-state index is -2.75. The van der Waals surface area contributed by atoms with Crippen molar-refractivity contribution in [2.24, 2.45) is 11.8 Å². The first-order valence-electron chi connectivity index (χ1n) is 12.8. The van der Waals surface area contributed by atoms with E-state index in [1.165, 1.54) is 18.3 Å². The van der Waals surface area contributed by atoms with Crippen LogP contribution in [0.15, 0.2) is 30.5 Å². The highest BCUT2D eigenvalue weighted by atomic mass is 19.3. The predicted molar refractivity (Wildman–Crippen MR) is 128 cm³/mol. The van der Waals surface area contributed by atoms with Gasteiger partial charge in [0.25, 0.3) is 12.9 Å². The molecule has 1 aliphatic heterocycles. The van der Waals surface area contributed by atoms with E-state index in [1.54, 1.807) is 6.07 Å². The fourth-order valence-corrected chi connectivity index (χ4v) is 5.35. The van der Waals surface area contributed by atoms with E-state index in [0.29, 0.717) is 12.3 Å². The molecule has 1 fully saturated rings. The average molecular weight is 508 g/mol. The van der Waals surface area contributed by atoms with Crippen molar-refractivity contribution in [2.75, 3.05) is 26.2 Å². The van der Waals surface area contributed by atoms with Gasteiger partial charge in [-0.2, -0.15) is 0 Å². The molecule has 0 atom stereocenters. The van der Waals surface area contributed by atoms with Gasteiger partial charge in [-0.1, -0.05) is 18.9 Å². The Morgan fingerprint density at radius 2 is 1.78 bits per heavy atom. The SMILES string of the molecule is O=C(CC1CCC(CCN2CCc3ccc(OCC(F)F)nc3CC2)CC1)c1cccnc1C(F)F. The second-order valence-electron chi connectivity index (χ2n) is 9.84. The Balaban J connectivity index is 1.19. The number of halogens is 4. The Bertz CT molecular complexity index is 1010. The molecule has 2 aromatic rings. The van der Waals surface area contributed by atoms with Gasteiger partial charge in [-0.25, -0.2) is 22.5 Å². The minimum absolute atomic E-state index is 0.0546. The number of aromatic nitrogens is 2. The standard InChI is InChI=1S/C27H33F4N3O2/c28-24(29)17-36-25-8-7-20-10-14-34(15-11-22(20)33-25)13-9-18-3-5-19(6-4-18)16-23(35)21-2-1-12-32-26(21)27(30)31/h1-2,7-8,12,18-19,24,27H,3-6,9-11,13-17H2. The highest BCUT2D eigenvalue weighted by Gasteiger charge is 2.26. The third-order valence-corrected chi connectivity index (χ3v) is 7.40. The lowest BCUT2D eigenvalue weighted by molar-refractivity contribution is 0.0794. The number of alkyl halides is 4. The molecule has 9 heteroatoms. The van der Waals surface area contributed by atoms with Crippen LogP contribution in [-0.4, -0.2) is 53.3 Å². The highest BCUT2D eigenvalue weighted by Crippen LogP contribution is 2.34. The number of pyridine rings is 2. The van der Waals surface area contributed by atoms with E-state index in [0.717, 1.165) is 75.8 Å². The molecule has 2 aromatic heterocycles. The monoisotopic (exact) mass is 507 g/mol. The fourth-order valence-electron chi connectivity index (χ4n) is 5.35. The Morgan fingerprint density at radius 3 is 2.53 bits per heavy atom. The van der Waals surface area contributed by atoms with Crippen molar-refractivity contribution in [3.8, 4) is 5.88 Å². The first kappa shape index (κ1) is 26.5. The van der Waals surface area contributed by atoms with Crippen LogP contribution in [-0.2, 0) is 12.8 Å². The molecule has 4 rings (SSSR count). The summed E-state index contributed by atoms with van der Waals surface area (Å²) in [4.78, 5) is 23.2. The van der Waals surface area contributed by atoms with E-state index in [-0.39, 0.29) is 23.1 Å². The normalized spacial score (nSPS) is 20.8. The molecule has 0 N–H and O–H groups in total.